The molecule has 0 aromatic heterocycles. The van der Waals surface area contributed by atoms with Gasteiger partial charge in [0, 0.05) is 39.0 Å². The summed E-state index contributed by atoms with van der Waals surface area (Å²) in [7, 11) is 0. The van der Waals surface area contributed by atoms with Gasteiger partial charge in [0.25, 0.3) is 0 Å². The SMILES string of the molecule is Cl.O=C1CCC(=O)N1CCN1CCNc2ccccc21. The number of likely N-dealkylation sites (tertiary alicyclic amines) is 1. The molecule has 20 heavy (non-hydrogen) atoms. The van der Waals surface area contributed by atoms with Crippen LogP contribution < -0.4 is 10.2 Å². The molecule has 0 aliphatic carbocycles. The summed E-state index contributed by atoms with van der Waals surface area (Å²) in [5.74, 6) is -0.0677. The average Bonchev–Trinajstić information content (AvgIpc) is 2.76. The fraction of sp³-hybridized carbons (Fsp3) is 0.429. The summed E-state index contributed by atoms with van der Waals surface area (Å²) in [6.45, 7) is 2.98. The number of nitrogens with zero attached hydrogens (tertiary/aromatic N) is 2. The van der Waals surface area contributed by atoms with Crippen LogP contribution in [0, 0.1) is 0 Å². The predicted octanol–water partition coefficient (Wildman–Crippen LogP) is 1.49. The van der Waals surface area contributed by atoms with Gasteiger partial charge in [0.05, 0.1) is 11.4 Å². The molecule has 3 rings (SSSR count). The highest BCUT2D eigenvalue weighted by molar-refractivity contribution is 6.01. The molecule has 1 fully saturated rings. The van der Waals surface area contributed by atoms with Crippen molar-refractivity contribution in [3.63, 3.8) is 0 Å². The van der Waals surface area contributed by atoms with Crippen LogP contribution in [-0.4, -0.2) is 42.9 Å². The van der Waals surface area contributed by atoms with Crippen molar-refractivity contribution in [2.24, 2.45) is 0 Å². The van der Waals surface area contributed by atoms with E-state index in [0.717, 1.165) is 24.5 Å². The Hall–Kier alpha value is -1.75. The van der Waals surface area contributed by atoms with E-state index in [1.807, 2.05) is 18.2 Å². The number of anilines is 2. The van der Waals surface area contributed by atoms with Crippen LogP contribution in [0.2, 0.25) is 0 Å². The van der Waals surface area contributed by atoms with Crippen molar-refractivity contribution >= 4 is 35.6 Å². The third-order valence-corrected chi connectivity index (χ3v) is 3.69. The highest BCUT2D eigenvalue weighted by Gasteiger charge is 2.29. The first-order chi connectivity index (χ1) is 9.25. The number of amides is 2. The van der Waals surface area contributed by atoms with Crippen molar-refractivity contribution in [3.8, 4) is 0 Å². The van der Waals surface area contributed by atoms with Crippen LogP contribution in [-0.2, 0) is 9.59 Å². The standard InChI is InChI=1S/C14H17N3O2.ClH/c18-13-5-6-14(19)17(13)10-9-16-8-7-15-11-3-1-2-4-12(11)16;/h1-4,15H,5-10H2;1H. The van der Waals surface area contributed by atoms with Crippen LogP contribution in [0.3, 0.4) is 0 Å². The smallest absolute Gasteiger partial charge is 0.229 e. The summed E-state index contributed by atoms with van der Waals surface area (Å²) < 4.78 is 0. The van der Waals surface area contributed by atoms with Crippen LogP contribution in [0.4, 0.5) is 11.4 Å². The van der Waals surface area contributed by atoms with Crippen molar-refractivity contribution in [2.45, 2.75) is 12.8 Å². The lowest BCUT2D eigenvalue weighted by Gasteiger charge is -2.32. The molecular weight excluding hydrogens is 278 g/mol. The number of carbonyl (C=O) groups is 2. The number of benzene rings is 1. The lowest BCUT2D eigenvalue weighted by Crippen LogP contribution is -2.41. The number of carbonyl (C=O) groups excluding carboxylic acids is 2. The van der Waals surface area contributed by atoms with Gasteiger partial charge in [-0.05, 0) is 12.1 Å². The van der Waals surface area contributed by atoms with E-state index in [2.05, 4.69) is 16.3 Å². The van der Waals surface area contributed by atoms with Gasteiger partial charge in [-0.3, -0.25) is 14.5 Å². The second-order valence-electron chi connectivity index (χ2n) is 4.87. The first-order valence-corrected chi connectivity index (χ1v) is 6.67. The second-order valence-corrected chi connectivity index (χ2v) is 4.87. The fourth-order valence-electron chi connectivity index (χ4n) is 2.67. The number of para-hydroxylation sites is 2. The zero-order valence-corrected chi connectivity index (χ0v) is 12.0. The van der Waals surface area contributed by atoms with E-state index in [1.165, 1.54) is 4.90 Å². The minimum absolute atomic E-state index is 0. The maximum atomic E-state index is 11.6. The lowest BCUT2D eigenvalue weighted by molar-refractivity contribution is -0.138. The van der Waals surface area contributed by atoms with E-state index in [9.17, 15) is 9.59 Å². The molecule has 0 saturated carbocycles. The van der Waals surface area contributed by atoms with Crippen molar-refractivity contribution in [1.29, 1.82) is 0 Å². The maximum absolute atomic E-state index is 11.6. The van der Waals surface area contributed by atoms with E-state index < -0.39 is 0 Å². The highest BCUT2D eigenvalue weighted by atomic mass is 35.5. The molecule has 6 heteroatoms. The van der Waals surface area contributed by atoms with Gasteiger partial charge in [-0.25, -0.2) is 0 Å². The number of fused-ring (bicyclic) bond motifs is 1. The minimum Gasteiger partial charge on any atom is -0.382 e. The van der Waals surface area contributed by atoms with E-state index in [4.69, 9.17) is 0 Å². The monoisotopic (exact) mass is 295 g/mol. The van der Waals surface area contributed by atoms with Gasteiger partial charge < -0.3 is 10.2 Å². The number of hydrogen-bond donors (Lipinski definition) is 1. The summed E-state index contributed by atoms with van der Waals surface area (Å²) in [6, 6.07) is 8.12. The molecule has 0 bridgehead atoms. The van der Waals surface area contributed by atoms with Gasteiger partial charge in [0.1, 0.15) is 0 Å². The van der Waals surface area contributed by atoms with Gasteiger partial charge in [-0.2, -0.15) is 0 Å². The number of rotatable bonds is 3. The summed E-state index contributed by atoms with van der Waals surface area (Å²) in [6.07, 6.45) is 0.744. The molecule has 1 aromatic carbocycles. The Morgan fingerprint density at radius 1 is 1.05 bits per heavy atom. The largest absolute Gasteiger partial charge is 0.382 e. The van der Waals surface area contributed by atoms with E-state index >= 15 is 0 Å². The Morgan fingerprint density at radius 3 is 2.50 bits per heavy atom. The fourth-order valence-corrected chi connectivity index (χ4v) is 2.67. The molecule has 0 spiro atoms. The van der Waals surface area contributed by atoms with Crippen LogP contribution >= 0.6 is 12.4 Å². The van der Waals surface area contributed by atoms with Gasteiger partial charge in [0.2, 0.25) is 11.8 Å². The third-order valence-electron chi connectivity index (χ3n) is 3.69. The second kappa shape index (κ2) is 6.13. The van der Waals surface area contributed by atoms with E-state index in [-0.39, 0.29) is 24.2 Å². The van der Waals surface area contributed by atoms with Crippen molar-refractivity contribution in [2.75, 3.05) is 36.4 Å². The first-order valence-electron chi connectivity index (χ1n) is 6.67. The van der Waals surface area contributed by atoms with E-state index in [1.54, 1.807) is 0 Å². The third kappa shape index (κ3) is 2.72. The number of hydrogen-bond acceptors (Lipinski definition) is 4. The van der Waals surface area contributed by atoms with Crippen LogP contribution in [0.1, 0.15) is 12.8 Å². The molecule has 2 amide bonds. The Kier molecular flexibility index (Phi) is 4.49. The Balaban J connectivity index is 0.00000147. The Bertz CT molecular complexity index is 505. The molecule has 1 aromatic rings. The molecule has 0 unspecified atom stereocenters. The average molecular weight is 296 g/mol. The molecule has 0 radical (unpaired) electrons. The summed E-state index contributed by atoms with van der Waals surface area (Å²) in [5.41, 5.74) is 2.26. The Morgan fingerprint density at radius 2 is 1.75 bits per heavy atom. The zero-order valence-electron chi connectivity index (χ0n) is 11.2. The topological polar surface area (TPSA) is 52.7 Å². The van der Waals surface area contributed by atoms with Gasteiger partial charge in [0.15, 0.2) is 0 Å². The van der Waals surface area contributed by atoms with Crippen molar-refractivity contribution < 1.29 is 9.59 Å². The van der Waals surface area contributed by atoms with Gasteiger partial charge in [-0.15, -0.1) is 12.4 Å². The van der Waals surface area contributed by atoms with Crippen LogP contribution in [0.15, 0.2) is 24.3 Å². The molecule has 1 N–H and O–H groups in total. The Labute approximate surface area is 124 Å². The summed E-state index contributed by atoms with van der Waals surface area (Å²) >= 11 is 0. The molecule has 2 heterocycles. The maximum Gasteiger partial charge on any atom is 0.229 e. The summed E-state index contributed by atoms with van der Waals surface area (Å²) in [5, 5.41) is 3.35. The molecule has 2 aliphatic heterocycles. The van der Waals surface area contributed by atoms with Crippen LogP contribution in [0.5, 0.6) is 0 Å². The quantitative estimate of drug-likeness (QED) is 0.859. The van der Waals surface area contributed by atoms with E-state index in [0.29, 0.717) is 25.9 Å². The normalized spacial score (nSPS) is 17.6. The molecule has 1 saturated heterocycles. The molecule has 5 nitrogen and oxygen atoms in total. The predicted molar refractivity (Wildman–Crippen MR) is 80.3 cm³/mol. The molecule has 0 atom stereocenters. The molecular formula is C14H18ClN3O2. The number of nitrogens with one attached hydrogen (secondary N) is 1. The van der Waals surface area contributed by atoms with Crippen LogP contribution in [0.25, 0.3) is 0 Å². The zero-order chi connectivity index (χ0) is 13.2. The van der Waals surface area contributed by atoms with Gasteiger partial charge in [-0.1, -0.05) is 12.1 Å². The van der Waals surface area contributed by atoms with Gasteiger partial charge >= 0.3 is 0 Å². The molecule has 2 aliphatic rings. The highest BCUT2D eigenvalue weighted by Crippen LogP contribution is 2.28. The van der Waals surface area contributed by atoms with Crippen molar-refractivity contribution in [1.82, 2.24) is 4.90 Å². The van der Waals surface area contributed by atoms with Crippen molar-refractivity contribution in [3.05, 3.63) is 24.3 Å². The number of imide groups is 1. The minimum atomic E-state index is -0.0339. The summed E-state index contributed by atoms with van der Waals surface area (Å²) in [4.78, 5) is 26.8. The molecule has 108 valence electrons. The first kappa shape index (κ1) is 14.7. The lowest BCUT2D eigenvalue weighted by atomic mass is 10.2. The number of halogens is 1.